The van der Waals surface area contributed by atoms with E-state index in [-0.39, 0.29) is 5.78 Å². The number of para-hydroxylation sites is 1. The summed E-state index contributed by atoms with van der Waals surface area (Å²) in [6.45, 7) is 2.10. The lowest BCUT2D eigenvalue weighted by molar-refractivity contribution is -0.645. The van der Waals surface area contributed by atoms with E-state index in [0.717, 1.165) is 27.6 Å². The van der Waals surface area contributed by atoms with Gasteiger partial charge in [0.25, 0.3) is 5.03 Å². The lowest BCUT2D eigenvalue weighted by Crippen LogP contribution is -2.28. The van der Waals surface area contributed by atoms with Crippen molar-refractivity contribution in [1.29, 1.82) is 0 Å². The lowest BCUT2D eigenvalue weighted by atomic mass is 10.0. The molecule has 4 nitrogen and oxygen atoms in total. The standard InChI is InChI=1S/C23H20N2O2S/c1-2-16-11-8-12-18-19(15-24-21(16)18)22(26)23(17-9-4-3-5-10-17)28-20-13-6-7-14-25(20)27/h3-15,23-24H,2H2,1H3/t23-/m1/s1. The van der Waals surface area contributed by atoms with E-state index in [9.17, 15) is 10.0 Å². The molecule has 0 fully saturated rings. The van der Waals surface area contributed by atoms with Crippen LogP contribution in [0.4, 0.5) is 0 Å². The van der Waals surface area contributed by atoms with Crippen molar-refractivity contribution in [2.75, 3.05) is 0 Å². The average molecular weight is 388 g/mol. The molecule has 4 rings (SSSR count). The SMILES string of the molecule is CCc1cccc2c(C(=O)[C@H](Sc3cccc[n+]3[O-])c3ccccc3)c[nH]c12. The van der Waals surface area contributed by atoms with Gasteiger partial charge in [0.05, 0.1) is 0 Å². The van der Waals surface area contributed by atoms with Crippen molar-refractivity contribution in [3.05, 3.63) is 101 Å². The van der Waals surface area contributed by atoms with Gasteiger partial charge in [-0.2, -0.15) is 4.73 Å². The molecule has 0 saturated heterocycles. The molecule has 0 unspecified atom stereocenters. The van der Waals surface area contributed by atoms with Crippen LogP contribution in [0, 0.1) is 5.21 Å². The fraction of sp³-hybridized carbons (Fsp3) is 0.130. The van der Waals surface area contributed by atoms with Gasteiger partial charge in [0.15, 0.2) is 12.0 Å². The van der Waals surface area contributed by atoms with Crippen LogP contribution in [0.3, 0.4) is 0 Å². The number of nitrogens with one attached hydrogen (secondary N) is 1. The van der Waals surface area contributed by atoms with Crippen LogP contribution in [0.1, 0.15) is 33.7 Å². The number of carbonyl (C=O) groups excluding carboxylic acids is 1. The first-order valence-corrected chi connectivity index (χ1v) is 10.1. The highest BCUT2D eigenvalue weighted by Crippen LogP contribution is 2.38. The summed E-state index contributed by atoms with van der Waals surface area (Å²) >= 11 is 1.28. The van der Waals surface area contributed by atoms with Crippen molar-refractivity contribution in [2.24, 2.45) is 0 Å². The largest absolute Gasteiger partial charge is 0.618 e. The molecule has 2 heterocycles. The highest BCUT2D eigenvalue weighted by atomic mass is 32.2. The molecule has 2 aromatic heterocycles. The Morgan fingerprint density at radius 3 is 2.61 bits per heavy atom. The first-order chi connectivity index (χ1) is 13.7. The number of thioether (sulfide) groups is 1. The summed E-state index contributed by atoms with van der Waals surface area (Å²) in [7, 11) is 0. The predicted molar refractivity (Wildman–Crippen MR) is 112 cm³/mol. The quantitative estimate of drug-likeness (QED) is 0.217. The maximum atomic E-state index is 13.6. The first-order valence-electron chi connectivity index (χ1n) is 9.22. The van der Waals surface area contributed by atoms with Gasteiger partial charge in [-0.05, 0) is 35.4 Å². The second-order valence-corrected chi connectivity index (χ2v) is 7.66. The normalized spacial score (nSPS) is 12.2. The summed E-state index contributed by atoms with van der Waals surface area (Å²) in [6, 6.07) is 20.9. The van der Waals surface area contributed by atoms with Gasteiger partial charge in [0.1, 0.15) is 5.25 Å². The molecule has 0 bridgehead atoms. The summed E-state index contributed by atoms with van der Waals surface area (Å²) in [5.74, 6) is -0.0143. The van der Waals surface area contributed by atoms with E-state index in [2.05, 4.69) is 18.0 Å². The number of pyridine rings is 1. The van der Waals surface area contributed by atoms with Crippen molar-refractivity contribution >= 4 is 28.4 Å². The monoisotopic (exact) mass is 388 g/mol. The summed E-state index contributed by atoms with van der Waals surface area (Å²) < 4.78 is 0.804. The van der Waals surface area contributed by atoms with Crippen molar-refractivity contribution < 1.29 is 9.52 Å². The molecule has 4 aromatic rings. The number of hydrogen-bond acceptors (Lipinski definition) is 3. The zero-order valence-corrected chi connectivity index (χ0v) is 16.3. The van der Waals surface area contributed by atoms with E-state index >= 15 is 0 Å². The molecule has 0 spiro atoms. The molecule has 0 saturated carbocycles. The molecule has 0 aliphatic carbocycles. The lowest BCUT2D eigenvalue weighted by Gasteiger charge is -2.15. The molecule has 140 valence electrons. The summed E-state index contributed by atoms with van der Waals surface area (Å²) in [6.07, 6.45) is 4.13. The van der Waals surface area contributed by atoms with Crippen LogP contribution in [0.5, 0.6) is 0 Å². The Morgan fingerprint density at radius 2 is 1.86 bits per heavy atom. The number of fused-ring (bicyclic) bond motifs is 1. The van der Waals surface area contributed by atoms with Crippen LogP contribution in [-0.2, 0) is 6.42 Å². The number of aromatic nitrogens is 2. The van der Waals surface area contributed by atoms with Gasteiger partial charge in [0, 0.05) is 34.8 Å². The van der Waals surface area contributed by atoms with Gasteiger partial charge in [-0.3, -0.25) is 4.79 Å². The Balaban J connectivity index is 1.79. The fourth-order valence-electron chi connectivity index (χ4n) is 3.38. The van der Waals surface area contributed by atoms with Crippen LogP contribution < -0.4 is 4.73 Å². The average Bonchev–Trinajstić information content (AvgIpc) is 3.17. The molecule has 1 atom stereocenters. The maximum absolute atomic E-state index is 13.6. The van der Waals surface area contributed by atoms with E-state index in [1.54, 1.807) is 18.3 Å². The Morgan fingerprint density at radius 1 is 1.07 bits per heavy atom. The van der Waals surface area contributed by atoms with Crippen molar-refractivity contribution in [1.82, 2.24) is 4.98 Å². The number of Topliss-reactive ketones (excluding diaryl/α,β-unsaturated/α-hetero) is 1. The second-order valence-electron chi connectivity index (χ2n) is 6.53. The molecular weight excluding hydrogens is 368 g/mol. The van der Waals surface area contributed by atoms with Crippen LogP contribution in [0.25, 0.3) is 10.9 Å². The number of nitrogens with zero attached hydrogens (tertiary/aromatic N) is 1. The van der Waals surface area contributed by atoms with Gasteiger partial charge in [-0.1, -0.05) is 55.5 Å². The predicted octanol–water partition coefficient (Wildman–Crippen LogP) is 5.08. The van der Waals surface area contributed by atoms with Gasteiger partial charge >= 0.3 is 0 Å². The maximum Gasteiger partial charge on any atom is 0.252 e. The van der Waals surface area contributed by atoms with E-state index in [1.807, 2.05) is 48.5 Å². The van der Waals surface area contributed by atoms with Crippen molar-refractivity contribution in [3.8, 4) is 0 Å². The van der Waals surface area contributed by atoms with E-state index < -0.39 is 5.25 Å². The summed E-state index contributed by atoms with van der Waals surface area (Å²) in [4.78, 5) is 16.9. The Bertz CT molecular complexity index is 1120. The van der Waals surface area contributed by atoms with E-state index in [0.29, 0.717) is 10.6 Å². The van der Waals surface area contributed by atoms with Gasteiger partial charge in [-0.15, -0.1) is 0 Å². The molecule has 5 heteroatoms. The minimum absolute atomic E-state index is 0.0143. The number of aromatic amines is 1. The van der Waals surface area contributed by atoms with E-state index in [1.165, 1.54) is 23.5 Å². The van der Waals surface area contributed by atoms with Crippen molar-refractivity contribution in [3.63, 3.8) is 0 Å². The summed E-state index contributed by atoms with van der Waals surface area (Å²) in [5, 5.41) is 13.1. The number of rotatable bonds is 6. The van der Waals surface area contributed by atoms with Crippen LogP contribution in [0.15, 0.2) is 84.1 Å². The third-order valence-corrected chi connectivity index (χ3v) is 6.10. The smallest absolute Gasteiger partial charge is 0.252 e. The number of carbonyl (C=O) groups is 1. The third-order valence-electron chi connectivity index (χ3n) is 4.82. The first kappa shape index (κ1) is 18.3. The van der Waals surface area contributed by atoms with Gasteiger partial charge in [-0.25, -0.2) is 0 Å². The number of hydrogen-bond donors (Lipinski definition) is 1. The van der Waals surface area contributed by atoms with Crippen LogP contribution >= 0.6 is 11.8 Å². The zero-order chi connectivity index (χ0) is 19.5. The fourth-order valence-corrected chi connectivity index (χ4v) is 4.47. The molecule has 0 amide bonds. The molecule has 0 radical (unpaired) electrons. The number of H-pyrrole nitrogens is 1. The van der Waals surface area contributed by atoms with Crippen LogP contribution in [-0.4, -0.2) is 10.8 Å². The number of benzene rings is 2. The molecule has 1 N–H and O–H groups in total. The molecule has 2 aromatic carbocycles. The highest BCUT2D eigenvalue weighted by Gasteiger charge is 2.28. The van der Waals surface area contributed by atoms with E-state index in [4.69, 9.17) is 0 Å². The second kappa shape index (κ2) is 7.90. The summed E-state index contributed by atoms with van der Waals surface area (Å²) in [5.41, 5.74) is 3.71. The third kappa shape index (κ3) is 3.41. The van der Waals surface area contributed by atoms with Crippen LogP contribution in [0.2, 0.25) is 0 Å². The minimum Gasteiger partial charge on any atom is -0.618 e. The Labute approximate surface area is 167 Å². The number of ketones is 1. The van der Waals surface area contributed by atoms with Crippen molar-refractivity contribution in [2.45, 2.75) is 23.6 Å². The molecule has 0 aliphatic rings. The highest BCUT2D eigenvalue weighted by molar-refractivity contribution is 8.00. The molecule has 28 heavy (non-hydrogen) atoms. The number of aryl methyl sites for hydroxylation is 1. The zero-order valence-electron chi connectivity index (χ0n) is 15.5. The van der Waals surface area contributed by atoms with Gasteiger partial charge in [0.2, 0.25) is 0 Å². The molecular formula is C23H20N2O2S. The minimum atomic E-state index is -0.506. The Kier molecular flexibility index (Phi) is 5.17. The topological polar surface area (TPSA) is 59.8 Å². The van der Waals surface area contributed by atoms with Gasteiger partial charge < -0.3 is 10.2 Å². The molecule has 0 aliphatic heterocycles. The Hall–Kier alpha value is -3.05.